The quantitative estimate of drug-likeness (QED) is 0.544. The molecule has 0 aromatic rings. The monoisotopic (exact) mass is 269 g/mol. The van der Waals surface area contributed by atoms with Crippen LogP contribution in [0.25, 0.3) is 0 Å². The van der Waals surface area contributed by atoms with Gasteiger partial charge < -0.3 is 10.1 Å². The fourth-order valence-electron chi connectivity index (χ4n) is 2.42. The zero-order valence-corrected chi connectivity index (χ0v) is 12.1. The number of hydrogen-bond acceptors (Lipinski definition) is 3. The standard InChI is InChI=1S/C15H27NO3/c1-2-3-5-10-14(17)16-11-12-19-15(18)13-8-6-4-7-9-13/h13H,2-12H2,1H3,(H,16,17). The largest absolute Gasteiger partial charge is 0.464 e. The van der Waals surface area contributed by atoms with E-state index in [9.17, 15) is 9.59 Å². The van der Waals surface area contributed by atoms with E-state index in [-0.39, 0.29) is 17.8 Å². The summed E-state index contributed by atoms with van der Waals surface area (Å²) >= 11 is 0. The van der Waals surface area contributed by atoms with E-state index in [2.05, 4.69) is 12.2 Å². The zero-order chi connectivity index (χ0) is 13.9. The number of carbonyl (C=O) groups is 2. The van der Waals surface area contributed by atoms with E-state index in [1.165, 1.54) is 6.42 Å². The molecule has 0 aromatic carbocycles. The summed E-state index contributed by atoms with van der Waals surface area (Å²) in [6, 6.07) is 0. The van der Waals surface area contributed by atoms with E-state index in [1.807, 2.05) is 0 Å². The molecule has 1 aliphatic carbocycles. The molecule has 1 N–H and O–H groups in total. The number of ether oxygens (including phenoxy) is 1. The normalized spacial score (nSPS) is 16.1. The van der Waals surface area contributed by atoms with Gasteiger partial charge in [-0.15, -0.1) is 0 Å². The summed E-state index contributed by atoms with van der Waals surface area (Å²) in [5.74, 6) is 0.0658. The summed E-state index contributed by atoms with van der Waals surface area (Å²) in [5, 5.41) is 2.78. The first-order valence-corrected chi connectivity index (χ1v) is 7.67. The van der Waals surface area contributed by atoms with Crippen molar-refractivity contribution >= 4 is 11.9 Å². The first-order chi connectivity index (χ1) is 9.24. The summed E-state index contributed by atoms with van der Waals surface area (Å²) in [4.78, 5) is 23.1. The second-order valence-corrected chi connectivity index (χ2v) is 5.31. The fraction of sp³-hybridized carbons (Fsp3) is 0.867. The Morgan fingerprint density at radius 2 is 1.89 bits per heavy atom. The van der Waals surface area contributed by atoms with E-state index >= 15 is 0 Å². The van der Waals surface area contributed by atoms with Crippen LogP contribution in [0.5, 0.6) is 0 Å². The van der Waals surface area contributed by atoms with Gasteiger partial charge in [0.15, 0.2) is 0 Å². The Labute approximate surface area is 116 Å². The van der Waals surface area contributed by atoms with Crippen molar-refractivity contribution in [3.05, 3.63) is 0 Å². The maximum atomic E-state index is 11.7. The van der Waals surface area contributed by atoms with Crippen LogP contribution in [0.3, 0.4) is 0 Å². The van der Waals surface area contributed by atoms with Gasteiger partial charge in [0.25, 0.3) is 0 Å². The minimum Gasteiger partial charge on any atom is -0.464 e. The summed E-state index contributed by atoms with van der Waals surface area (Å²) in [6.45, 7) is 2.85. The predicted molar refractivity (Wildman–Crippen MR) is 74.7 cm³/mol. The molecule has 1 saturated carbocycles. The first-order valence-electron chi connectivity index (χ1n) is 7.67. The topological polar surface area (TPSA) is 55.4 Å². The zero-order valence-electron chi connectivity index (χ0n) is 12.1. The third kappa shape index (κ3) is 7.19. The minimum absolute atomic E-state index is 0.0576. The Balaban J connectivity index is 2.00. The van der Waals surface area contributed by atoms with Gasteiger partial charge in [-0.05, 0) is 19.3 Å². The molecule has 0 radical (unpaired) electrons. The number of carbonyl (C=O) groups excluding carboxylic acids is 2. The van der Waals surface area contributed by atoms with Gasteiger partial charge >= 0.3 is 5.97 Å². The molecule has 0 atom stereocenters. The molecule has 0 aliphatic heterocycles. The van der Waals surface area contributed by atoms with Gasteiger partial charge in [0.05, 0.1) is 12.5 Å². The average molecular weight is 269 g/mol. The Hall–Kier alpha value is -1.06. The van der Waals surface area contributed by atoms with Crippen LogP contribution >= 0.6 is 0 Å². The van der Waals surface area contributed by atoms with Crippen molar-refractivity contribution in [3.63, 3.8) is 0 Å². The Morgan fingerprint density at radius 3 is 2.58 bits per heavy atom. The van der Waals surface area contributed by atoms with Crippen molar-refractivity contribution < 1.29 is 14.3 Å². The van der Waals surface area contributed by atoms with E-state index < -0.39 is 0 Å². The highest BCUT2D eigenvalue weighted by molar-refractivity contribution is 5.76. The van der Waals surface area contributed by atoms with Crippen molar-refractivity contribution in [2.75, 3.05) is 13.2 Å². The molecule has 1 aliphatic rings. The minimum atomic E-state index is -0.0834. The molecular weight excluding hydrogens is 242 g/mol. The van der Waals surface area contributed by atoms with Gasteiger partial charge in [-0.3, -0.25) is 9.59 Å². The SMILES string of the molecule is CCCCCC(=O)NCCOC(=O)C1CCCCC1. The van der Waals surface area contributed by atoms with Gasteiger partial charge in [0, 0.05) is 6.42 Å². The molecular formula is C15H27NO3. The lowest BCUT2D eigenvalue weighted by Gasteiger charge is -2.19. The second-order valence-electron chi connectivity index (χ2n) is 5.31. The maximum absolute atomic E-state index is 11.7. The van der Waals surface area contributed by atoms with E-state index in [0.29, 0.717) is 19.6 Å². The molecule has 110 valence electrons. The highest BCUT2D eigenvalue weighted by Gasteiger charge is 2.22. The number of amides is 1. The number of nitrogens with one attached hydrogen (secondary N) is 1. The van der Waals surface area contributed by atoms with Gasteiger partial charge in [0.1, 0.15) is 6.61 Å². The molecule has 1 amide bonds. The lowest BCUT2D eigenvalue weighted by atomic mass is 9.89. The summed E-state index contributed by atoms with van der Waals surface area (Å²) in [5.41, 5.74) is 0. The first kappa shape index (κ1) is 16.0. The third-order valence-electron chi connectivity index (χ3n) is 3.61. The van der Waals surface area contributed by atoms with Crippen molar-refractivity contribution in [1.82, 2.24) is 5.32 Å². The van der Waals surface area contributed by atoms with Crippen LogP contribution in [0.1, 0.15) is 64.7 Å². The number of hydrogen-bond donors (Lipinski definition) is 1. The Kier molecular flexibility index (Phi) is 8.26. The lowest BCUT2D eigenvalue weighted by Crippen LogP contribution is -2.29. The van der Waals surface area contributed by atoms with Crippen LogP contribution in [0.15, 0.2) is 0 Å². The molecule has 19 heavy (non-hydrogen) atoms. The molecule has 1 rings (SSSR count). The van der Waals surface area contributed by atoms with E-state index in [0.717, 1.165) is 44.9 Å². The summed E-state index contributed by atoms with van der Waals surface area (Å²) in [7, 11) is 0. The molecule has 1 fully saturated rings. The summed E-state index contributed by atoms with van der Waals surface area (Å²) in [6.07, 6.45) is 9.13. The second kappa shape index (κ2) is 9.82. The van der Waals surface area contributed by atoms with Crippen LogP contribution < -0.4 is 5.32 Å². The van der Waals surface area contributed by atoms with Crippen LogP contribution in [0.4, 0.5) is 0 Å². The van der Waals surface area contributed by atoms with Gasteiger partial charge in [-0.1, -0.05) is 39.0 Å². The summed E-state index contributed by atoms with van der Waals surface area (Å²) < 4.78 is 5.20. The Morgan fingerprint density at radius 1 is 1.16 bits per heavy atom. The molecule has 0 unspecified atom stereocenters. The fourth-order valence-corrected chi connectivity index (χ4v) is 2.42. The molecule has 4 heteroatoms. The highest BCUT2D eigenvalue weighted by Crippen LogP contribution is 2.24. The maximum Gasteiger partial charge on any atom is 0.308 e. The van der Waals surface area contributed by atoms with Gasteiger partial charge in [-0.2, -0.15) is 0 Å². The van der Waals surface area contributed by atoms with Crippen molar-refractivity contribution in [3.8, 4) is 0 Å². The number of unbranched alkanes of at least 4 members (excludes halogenated alkanes) is 2. The highest BCUT2D eigenvalue weighted by atomic mass is 16.5. The van der Waals surface area contributed by atoms with Crippen molar-refractivity contribution in [2.24, 2.45) is 5.92 Å². The Bertz CT molecular complexity index is 273. The molecule has 0 saturated heterocycles. The van der Waals surface area contributed by atoms with Crippen LogP contribution in [-0.2, 0) is 14.3 Å². The molecule has 0 heterocycles. The molecule has 0 bridgehead atoms. The van der Waals surface area contributed by atoms with E-state index in [1.54, 1.807) is 0 Å². The average Bonchev–Trinajstić information content (AvgIpc) is 2.44. The van der Waals surface area contributed by atoms with Gasteiger partial charge in [0.2, 0.25) is 5.91 Å². The predicted octanol–water partition coefficient (Wildman–Crippen LogP) is 2.81. The molecule has 0 spiro atoms. The van der Waals surface area contributed by atoms with Gasteiger partial charge in [-0.25, -0.2) is 0 Å². The molecule has 4 nitrogen and oxygen atoms in total. The van der Waals surface area contributed by atoms with E-state index in [4.69, 9.17) is 4.74 Å². The van der Waals surface area contributed by atoms with Crippen LogP contribution in [0, 0.1) is 5.92 Å². The lowest BCUT2D eigenvalue weighted by molar-refractivity contribution is -0.149. The number of esters is 1. The van der Waals surface area contributed by atoms with Crippen LogP contribution in [-0.4, -0.2) is 25.0 Å². The van der Waals surface area contributed by atoms with Crippen molar-refractivity contribution in [2.45, 2.75) is 64.7 Å². The van der Waals surface area contributed by atoms with Crippen molar-refractivity contribution in [1.29, 1.82) is 0 Å². The third-order valence-corrected chi connectivity index (χ3v) is 3.61. The molecule has 0 aromatic heterocycles. The smallest absolute Gasteiger partial charge is 0.308 e. The van der Waals surface area contributed by atoms with Crippen LogP contribution in [0.2, 0.25) is 0 Å². The number of rotatable bonds is 8.